The maximum Gasteiger partial charge on any atom is 0.266 e. The van der Waals surface area contributed by atoms with E-state index in [0.29, 0.717) is 22.6 Å². The monoisotopic (exact) mass is 384 g/mol. The number of carbonyl (C=O) groups is 2. The van der Waals surface area contributed by atoms with E-state index in [4.69, 9.17) is 4.74 Å². The van der Waals surface area contributed by atoms with Gasteiger partial charge in [0.2, 0.25) is 0 Å². The number of amides is 2. The molecule has 0 radical (unpaired) electrons. The minimum absolute atomic E-state index is 0.327. The van der Waals surface area contributed by atoms with Gasteiger partial charge < -0.3 is 4.74 Å². The highest BCUT2D eigenvalue weighted by Gasteiger charge is 2.36. The summed E-state index contributed by atoms with van der Waals surface area (Å²) in [5.74, 6) is -0.215. The number of carbonyl (C=O) groups excluding carboxylic acids is 2. The van der Waals surface area contributed by atoms with Crippen LogP contribution in [0.5, 0.6) is 5.75 Å². The Hall–Kier alpha value is -3.73. The molecule has 29 heavy (non-hydrogen) atoms. The van der Waals surface area contributed by atoms with E-state index in [0.717, 1.165) is 12.0 Å². The number of benzene rings is 3. The number of ether oxygens (including phenoxy) is 1. The van der Waals surface area contributed by atoms with E-state index in [-0.39, 0.29) is 11.8 Å². The standard InChI is InChI=1S/C24H20N2O3/c1-16-3-5-17(6-4-16)13-18-7-9-19(10-8-18)26-23(27)21-12-11-20(29-15-25-2)14-22(21)24(26)28/h3-12,14-15H,13H2,1-2H3. The Morgan fingerprint density at radius 2 is 1.48 bits per heavy atom. The first-order chi connectivity index (χ1) is 14.1. The molecular weight excluding hydrogens is 364 g/mol. The van der Waals surface area contributed by atoms with Crippen LogP contribution in [-0.2, 0) is 6.42 Å². The fourth-order valence-electron chi connectivity index (χ4n) is 3.35. The molecule has 144 valence electrons. The summed E-state index contributed by atoms with van der Waals surface area (Å²) in [6.07, 6.45) is 2.08. The number of fused-ring (bicyclic) bond motifs is 1. The number of aliphatic imine (C=N–C) groups is 1. The van der Waals surface area contributed by atoms with Gasteiger partial charge in [-0.1, -0.05) is 42.0 Å². The molecule has 1 heterocycles. The molecule has 0 N–H and O–H groups in total. The van der Waals surface area contributed by atoms with Gasteiger partial charge in [-0.05, 0) is 54.8 Å². The number of imide groups is 1. The van der Waals surface area contributed by atoms with E-state index in [2.05, 4.69) is 36.2 Å². The summed E-state index contributed by atoms with van der Waals surface area (Å²) in [6, 6.07) is 20.8. The molecule has 0 atom stereocenters. The zero-order valence-electron chi connectivity index (χ0n) is 16.3. The predicted octanol–water partition coefficient (Wildman–Crippen LogP) is 4.42. The minimum atomic E-state index is -0.352. The van der Waals surface area contributed by atoms with Crippen LogP contribution in [0.15, 0.2) is 71.7 Å². The third kappa shape index (κ3) is 3.67. The third-order valence-corrected chi connectivity index (χ3v) is 4.88. The zero-order valence-corrected chi connectivity index (χ0v) is 16.3. The van der Waals surface area contributed by atoms with Crippen LogP contribution in [0.4, 0.5) is 5.69 Å². The van der Waals surface area contributed by atoms with Gasteiger partial charge in [0.05, 0.1) is 16.8 Å². The molecule has 0 unspecified atom stereocenters. The summed E-state index contributed by atoms with van der Waals surface area (Å²) >= 11 is 0. The quantitative estimate of drug-likeness (QED) is 0.372. The van der Waals surface area contributed by atoms with Gasteiger partial charge in [-0.2, -0.15) is 0 Å². The molecule has 0 saturated carbocycles. The molecular formula is C24H20N2O3. The van der Waals surface area contributed by atoms with Crippen molar-refractivity contribution >= 4 is 23.9 Å². The largest absolute Gasteiger partial charge is 0.446 e. The van der Waals surface area contributed by atoms with Gasteiger partial charge in [0, 0.05) is 7.05 Å². The van der Waals surface area contributed by atoms with Crippen LogP contribution in [0.25, 0.3) is 0 Å². The second kappa shape index (κ2) is 7.72. The summed E-state index contributed by atoms with van der Waals surface area (Å²) in [7, 11) is 1.59. The summed E-state index contributed by atoms with van der Waals surface area (Å²) < 4.78 is 5.31. The second-order valence-electron chi connectivity index (χ2n) is 6.96. The van der Waals surface area contributed by atoms with Gasteiger partial charge in [0.1, 0.15) is 5.75 Å². The Balaban J connectivity index is 1.55. The lowest BCUT2D eigenvalue weighted by molar-refractivity contribution is 0.0926. The lowest BCUT2D eigenvalue weighted by Gasteiger charge is -2.14. The Morgan fingerprint density at radius 3 is 2.14 bits per heavy atom. The van der Waals surface area contributed by atoms with Crippen molar-refractivity contribution in [3.63, 3.8) is 0 Å². The van der Waals surface area contributed by atoms with Gasteiger partial charge in [-0.3, -0.25) is 14.6 Å². The van der Waals surface area contributed by atoms with Gasteiger partial charge in [0.15, 0.2) is 6.40 Å². The highest BCUT2D eigenvalue weighted by molar-refractivity contribution is 6.34. The molecule has 0 aromatic heterocycles. The van der Waals surface area contributed by atoms with Gasteiger partial charge in [-0.25, -0.2) is 4.90 Å². The molecule has 0 fully saturated rings. The molecule has 2 amide bonds. The van der Waals surface area contributed by atoms with E-state index in [1.807, 2.05) is 24.3 Å². The Kier molecular flexibility index (Phi) is 4.96. The smallest absolute Gasteiger partial charge is 0.266 e. The Labute approximate surface area is 169 Å². The topological polar surface area (TPSA) is 59.0 Å². The van der Waals surface area contributed by atoms with Crippen molar-refractivity contribution in [1.82, 2.24) is 0 Å². The Bertz CT molecular complexity index is 1100. The number of anilines is 1. The number of hydrogen-bond donors (Lipinski definition) is 0. The fourth-order valence-corrected chi connectivity index (χ4v) is 3.35. The first-order valence-electron chi connectivity index (χ1n) is 9.31. The first kappa shape index (κ1) is 18.6. The van der Waals surface area contributed by atoms with Crippen LogP contribution in [0.3, 0.4) is 0 Å². The lowest BCUT2D eigenvalue weighted by atomic mass is 10.0. The van der Waals surface area contributed by atoms with Crippen LogP contribution < -0.4 is 9.64 Å². The van der Waals surface area contributed by atoms with Gasteiger partial charge >= 0.3 is 0 Å². The van der Waals surface area contributed by atoms with Crippen LogP contribution in [0.1, 0.15) is 37.4 Å². The van der Waals surface area contributed by atoms with Crippen molar-refractivity contribution in [2.45, 2.75) is 13.3 Å². The van der Waals surface area contributed by atoms with Crippen molar-refractivity contribution in [1.29, 1.82) is 0 Å². The summed E-state index contributed by atoms with van der Waals surface area (Å²) in [4.78, 5) is 30.6. The molecule has 0 bridgehead atoms. The van der Waals surface area contributed by atoms with Crippen molar-refractivity contribution < 1.29 is 14.3 Å². The summed E-state index contributed by atoms with van der Waals surface area (Å²) in [5, 5.41) is 0. The normalized spacial score (nSPS) is 13.2. The van der Waals surface area contributed by atoms with Gasteiger partial charge in [0.25, 0.3) is 11.8 Å². The maximum atomic E-state index is 12.9. The highest BCUT2D eigenvalue weighted by Crippen LogP contribution is 2.31. The Morgan fingerprint density at radius 1 is 0.862 bits per heavy atom. The van der Waals surface area contributed by atoms with Crippen LogP contribution in [0, 0.1) is 6.92 Å². The zero-order chi connectivity index (χ0) is 20.4. The molecule has 3 aromatic rings. The minimum Gasteiger partial charge on any atom is -0.446 e. The molecule has 5 nitrogen and oxygen atoms in total. The highest BCUT2D eigenvalue weighted by atomic mass is 16.5. The van der Waals surface area contributed by atoms with Crippen molar-refractivity contribution in [3.05, 3.63) is 94.5 Å². The number of aryl methyl sites for hydroxylation is 1. The van der Waals surface area contributed by atoms with E-state index in [1.165, 1.54) is 22.4 Å². The molecule has 4 rings (SSSR count). The molecule has 0 spiro atoms. The van der Waals surface area contributed by atoms with Gasteiger partial charge in [-0.15, -0.1) is 0 Å². The summed E-state index contributed by atoms with van der Waals surface area (Å²) in [5.41, 5.74) is 4.82. The molecule has 3 aromatic carbocycles. The molecule has 0 saturated heterocycles. The SMILES string of the molecule is CN=COc1ccc2c(c1)C(=O)N(c1ccc(Cc3ccc(C)cc3)cc1)C2=O. The third-order valence-electron chi connectivity index (χ3n) is 4.88. The fraction of sp³-hybridized carbons (Fsp3) is 0.125. The predicted molar refractivity (Wildman–Crippen MR) is 113 cm³/mol. The second-order valence-corrected chi connectivity index (χ2v) is 6.96. The van der Waals surface area contributed by atoms with E-state index in [1.54, 1.807) is 25.2 Å². The number of nitrogens with zero attached hydrogens (tertiary/aromatic N) is 2. The average molecular weight is 384 g/mol. The first-order valence-corrected chi connectivity index (χ1v) is 9.31. The van der Waals surface area contributed by atoms with Crippen LogP contribution >= 0.6 is 0 Å². The van der Waals surface area contributed by atoms with Crippen LogP contribution in [-0.4, -0.2) is 25.3 Å². The maximum absolute atomic E-state index is 12.9. The molecule has 1 aliphatic heterocycles. The van der Waals surface area contributed by atoms with E-state index in [9.17, 15) is 9.59 Å². The van der Waals surface area contributed by atoms with Crippen LogP contribution in [0.2, 0.25) is 0 Å². The number of rotatable bonds is 5. The average Bonchev–Trinajstić information content (AvgIpc) is 2.99. The molecule has 1 aliphatic rings. The van der Waals surface area contributed by atoms with Crippen molar-refractivity contribution in [2.75, 3.05) is 11.9 Å². The van der Waals surface area contributed by atoms with E-state index >= 15 is 0 Å². The van der Waals surface area contributed by atoms with Crippen molar-refractivity contribution in [3.8, 4) is 5.75 Å². The number of hydrogen-bond acceptors (Lipinski definition) is 4. The molecule has 5 heteroatoms. The molecule has 0 aliphatic carbocycles. The van der Waals surface area contributed by atoms with E-state index < -0.39 is 0 Å². The summed E-state index contributed by atoms with van der Waals surface area (Å²) in [6.45, 7) is 2.06. The van der Waals surface area contributed by atoms with Crippen molar-refractivity contribution in [2.24, 2.45) is 4.99 Å². The lowest BCUT2D eigenvalue weighted by Crippen LogP contribution is -2.29.